The molecule has 126 valence electrons. The summed E-state index contributed by atoms with van der Waals surface area (Å²) in [6.07, 6.45) is 3.79. The van der Waals surface area contributed by atoms with Gasteiger partial charge in [0.1, 0.15) is 0 Å². The summed E-state index contributed by atoms with van der Waals surface area (Å²) in [6, 6.07) is 9.82. The van der Waals surface area contributed by atoms with Gasteiger partial charge in [0.2, 0.25) is 10.0 Å². The van der Waals surface area contributed by atoms with Gasteiger partial charge in [-0.25, -0.2) is 22.7 Å². The number of benzene rings is 1. The second kappa shape index (κ2) is 5.61. The molecule has 1 aromatic heterocycles. The highest BCUT2D eigenvalue weighted by Crippen LogP contribution is 2.40. The van der Waals surface area contributed by atoms with Gasteiger partial charge in [0.15, 0.2) is 5.82 Å². The van der Waals surface area contributed by atoms with Crippen molar-refractivity contribution >= 4 is 10.0 Å². The van der Waals surface area contributed by atoms with Crippen molar-refractivity contribution in [3.05, 3.63) is 47.8 Å². The predicted molar refractivity (Wildman–Crippen MR) is 89.8 cm³/mol. The van der Waals surface area contributed by atoms with Crippen molar-refractivity contribution in [3.63, 3.8) is 0 Å². The summed E-state index contributed by atoms with van der Waals surface area (Å²) in [6.45, 7) is 1.90. The summed E-state index contributed by atoms with van der Waals surface area (Å²) in [7, 11) is -3.21. The lowest BCUT2D eigenvalue weighted by Gasteiger charge is -2.34. The Hall–Kier alpha value is -1.83. The quantitative estimate of drug-likeness (QED) is 0.826. The average Bonchev–Trinajstić information content (AvgIpc) is 3.01. The zero-order chi connectivity index (χ0) is 16.8. The van der Waals surface area contributed by atoms with Crippen LogP contribution in [0.3, 0.4) is 0 Å². The van der Waals surface area contributed by atoms with Crippen LogP contribution >= 0.6 is 0 Å². The minimum absolute atomic E-state index is 0.372. The molecule has 6 nitrogen and oxygen atoms in total. The van der Waals surface area contributed by atoms with Crippen LogP contribution < -0.4 is 0 Å². The number of hydrogen-bond donors (Lipinski definition) is 0. The normalized spacial score (nSPS) is 24.2. The lowest BCUT2D eigenvalue weighted by atomic mass is 9.80. The Morgan fingerprint density at radius 1 is 1.25 bits per heavy atom. The van der Waals surface area contributed by atoms with Crippen LogP contribution in [0.15, 0.2) is 36.5 Å². The first kappa shape index (κ1) is 15.7. The highest BCUT2D eigenvalue weighted by atomic mass is 32.2. The number of hydrogen-bond acceptors (Lipinski definition) is 5. The molecule has 0 bridgehead atoms. The molecule has 0 aliphatic carbocycles. The van der Waals surface area contributed by atoms with E-state index in [2.05, 4.69) is 4.98 Å². The molecule has 0 N–H and O–H groups in total. The molecular formula is C17H19N3O3S. The third-order valence-corrected chi connectivity index (χ3v) is 6.07. The van der Waals surface area contributed by atoms with Crippen molar-refractivity contribution in [1.82, 2.24) is 14.3 Å². The molecule has 2 aliphatic heterocycles. The summed E-state index contributed by atoms with van der Waals surface area (Å²) in [4.78, 5) is 9.28. The molecule has 1 aromatic carbocycles. The summed E-state index contributed by atoms with van der Waals surface area (Å²) in [5.41, 5.74) is 2.48. The topological polar surface area (TPSA) is 72.4 Å². The minimum atomic E-state index is -3.21. The average molecular weight is 345 g/mol. The summed E-state index contributed by atoms with van der Waals surface area (Å²) in [5, 5.41) is 0. The van der Waals surface area contributed by atoms with E-state index < -0.39 is 10.0 Å². The molecule has 24 heavy (non-hydrogen) atoms. The van der Waals surface area contributed by atoms with Gasteiger partial charge in [-0.2, -0.15) is 0 Å². The molecule has 0 saturated carbocycles. The maximum Gasteiger partial charge on any atom is 0.211 e. The van der Waals surface area contributed by atoms with E-state index in [0.29, 0.717) is 32.1 Å². The largest absolute Gasteiger partial charge is 0.376 e. The van der Waals surface area contributed by atoms with Crippen LogP contribution in [-0.4, -0.2) is 48.6 Å². The van der Waals surface area contributed by atoms with E-state index in [4.69, 9.17) is 9.72 Å². The summed E-state index contributed by atoms with van der Waals surface area (Å²) < 4.78 is 31.1. The molecule has 3 heterocycles. The standard InChI is InChI=1S/C17H19N3O3S/c1-24(21,22)20-8-7-17(11-20)12-23-10-14-9-18-16(19-15(14)17)13-5-3-2-4-6-13/h2-6,9H,7-8,10-12H2,1H3/t17-/m0/s1. The van der Waals surface area contributed by atoms with Gasteiger partial charge in [0, 0.05) is 30.4 Å². The van der Waals surface area contributed by atoms with Crippen molar-refractivity contribution in [2.75, 3.05) is 26.0 Å². The Morgan fingerprint density at radius 2 is 2.04 bits per heavy atom. The van der Waals surface area contributed by atoms with Crippen molar-refractivity contribution in [3.8, 4) is 11.4 Å². The van der Waals surface area contributed by atoms with Crippen molar-refractivity contribution in [1.29, 1.82) is 0 Å². The number of ether oxygens (including phenoxy) is 1. The highest BCUT2D eigenvalue weighted by Gasteiger charge is 2.47. The van der Waals surface area contributed by atoms with E-state index in [-0.39, 0.29) is 5.41 Å². The van der Waals surface area contributed by atoms with Crippen LogP contribution in [-0.2, 0) is 26.8 Å². The first-order chi connectivity index (χ1) is 11.5. The Bertz CT molecular complexity index is 870. The molecule has 1 spiro atoms. The van der Waals surface area contributed by atoms with E-state index in [0.717, 1.165) is 23.2 Å². The molecule has 4 rings (SSSR count). The molecule has 2 aromatic rings. The highest BCUT2D eigenvalue weighted by molar-refractivity contribution is 7.88. The lowest BCUT2D eigenvalue weighted by molar-refractivity contribution is 0.0532. The number of fused-ring (bicyclic) bond motifs is 2. The van der Waals surface area contributed by atoms with Gasteiger partial charge < -0.3 is 4.74 Å². The molecule has 0 radical (unpaired) electrons. The predicted octanol–water partition coefficient (Wildman–Crippen LogP) is 1.58. The van der Waals surface area contributed by atoms with Gasteiger partial charge in [-0.1, -0.05) is 30.3 Å². The van der Waals surface area contributed by atoms with Crippen molar-refractivity contribution < 1.29 is 13.2 Å². The van der Waals surface area contributed by atoms with E-state index in [1.54, 1.807) is 0 Å². The first-order valence-corrected chi connectivity index (χ1v) is 9.77. The molecule has 1 fully saturated rings. The number of sulfonamides is 1. The minimum Gasteiger partial charge on any atom is -0.376 e. The van der Waals surface area contributed by atoms with Gasteiger partial charge in [-0.3, -0.25) is 0 Å². The van der Waals surface area contributed by atoms with Crippen LogP contribution in [0.5, 0.6) is 0 Å². The smallest absolute Gasteiger partial charge is 0.211 e. The number of aromatic nitrogens is 2. The van der Waals surface area contributed by atoms with Crippen LogP contribution in [0.25, 0.3) is 11.4 Å². The van der Waals surface area contributed by atoms with Crippen LogP contribution in [0, 0.1) is 0 Å². The summed E-state index contributed by atoms with van der Waals surface area (Å²) in [5.74, 6) is 0.674. The SMILES string of the molecule is CS(=O)(=O)N1CC[C@@]2(COCc3cnc(-c4ccccc4)nc32)C1. The number of rotatable bonds is 2. The molecule has 2 aliphatic rings. The Balaban J connectivity index is 1.77. The van der Waals surface area contributed by atoms with Crippen molar-refractivity contribution in [2.24, 2.45) is 0 Å². The maximum atomic E-state index is 11.9. The second-order valence-electron chi connectivity index (χ2n) is 6.55. The second-order valence-corrected chi connectivity index (χ2v) is 8.54. The molecule has 1 saturated heterocycles. The van der Waals surface area contributed by atoms with E-state index >= 15 is 0 Å². The Morgan fingerprint density at radius 3 is 2.75 bits per heavy atom. The fourth-order valence-electron chi connectivity index (χ4n) is 3.55. The van der Waals surface area contributed by atoms with Crippen LogP contribution in [0.2, 0.25) is 0 Å². The van der Waals surface area contributed by atoms with E-state index in [1.807, 2.05) is 36.5 Å². The van der Waals surface area contributed by atoms with Gasteiger partial charge in [-0.15, -0.1) is 0 Å². The van der Waals surface area contributed by atoms with Crippen LogP contribution in [0.1, 0.15) is 17.7 Å². The van der Waals surface area contributed by atoms with E-state index in [1.165, 1.54) is 10.6 Å². The molecule has 0 unspecified atom stereocenters. The number of nitrogens with zero attached hydrogens (tertiary/aromatic N) is 3. The molecule has 7 heteroatoms. The lowest BCUT2D eigenvalue weighted by Crippen LogP contribution is -2.41. The first-order valence-electron chi connectivity index (χ1n) is 7.93. The van der Waals surface area contributed by atoms with Crippen LogP contribution in [0.4, 0.5) is 0 Å². The van der Waals surface area contributed by atoms with Gasteiger partial charge >= 0.3 is 0 Å². The fraction of sp³-hybridized carbons (Fsp3) is 0.412. The third kappa shape index (κ3) is 2.62. The van der Waals surface area contributed by atoms with Gasteiger partial charge in [0.05, 0.1) is 30.6 Å². The van der Waals surface area contributed by atoms with Crippen molar-refractivity contribution in [2.45, 2.75) is 18.4 Å². The fourth-order valence-corrected chi connectivity index (χ4v) is 4.46. The Labute approximate surface area is 141 Å². The Kier molecular flexibility index (Phi) is 3.67. The molecule has 0 amide bonds. The third-order valence-electron chi connectivity index (χ3n) is 4.82. The molecule has 1 atom stereocenters. The molecular weight excluding hydrogens is 326 g/mol. The summed E-state index contributed by atoms with van der Waals surface area (Å²) >= 11 is 0. The van der Waals surface area contributed by atoms with Gasteiger partial charge in [0.25, 0.3) is 0 Å². The zero-order valence-corrected chi connectivity index (χ0v) is 14.3. The zero-order valence-electron chi connectivity index (χ0n) is 13.5. The van der Waals surface area contributed by atoms with Gasteiger partial charge in [-0.05, 0) is 6.42 Å². The maximum absolute atomic E-state index is 11.9. The monoisotopic (exact) mass is 345 g/mol. The van der Waals surface area contributed by atoms with E-state index in [9.17, 15) is 8.42 Å².